The van der Waals surface area contributed by atoms with Crippen molar-refractivity contribution in [2.45, 2.75) is 39.2 Å². The maximum absolute atomic E-state index is 12.3. The summed E-state index contributed by atoms with van der Waals surface area (Å²) in [6, 6.07) is 9.66. The summed E-state index contributed by atoms with van der Waals surface area (Å²) in [6.07, 6.45) is 1.35. The Hall–Kier alpha value is -2.41. The minimum Gasteiger partial charge on any atom is -0.462 e. The van der Waals surface area contributed by atoms with Crippen LogP contribution in [0, 0.1) is 6.92 Å². The number of ether oxygens (including phenoxy) is 2. The van der Waals surface area contributed by atoms with Crippen molar-refractivity contribution in [3.8, 4) is 0 Å². The second-order valence-corrected chi connectivity index (χ2v) is 7.52. The average molecular weight is 388 g/mol. The van der Waals surface area contributed by atoms with Crippen LogP contribution in [0.2, 0.25) is 0 Å². The van der Waals surface area contributed by atoms with Gasteiger partial charge in [0.05, 0.1) is 17.3 Å². The standard InChI is InChI=1S/C20H24N2O4S/c1-3-25-19(23)17-14(2)21-18(27-17)16-9-11-22(12-10-16)20(24)26-13-15-7-5-4-6-8-15/h4-8,16H,3,9-13H2,1-2H3. The predicted octanol–water partition coefficient (Wildman–Crippen LogP) is 4.14. The summed E-state index contributed by atoms with van der Waals surface area (Å²) < 4.78 is 10.5. The van der Waals surface area contributed by atoms with E-state index in [1.807, 2.05) is 37.3 Å². The average Bonchev–Trinajstić information content (AvgIpc) is 3.09. The van der Waals surface area contributed by atoms with Crippen molar-refractivity contribution in [2.75, 3.05) is 19.7 Å². The van der Waals surface area contributed by atoms with Crippen molar-refractivity contribution in [2.24, 2.45) is 0 Å². The highest BCUT2D eigenvalue weighted by atomic mass is 32.1. The van der Waals surface area contributed by atoms with Crippen LogP contribution in [-0.4, -0.2) is 41.6 Å². The van der Waals surface area contributed by atoms with E-state index in [9.17, 15) is 9.59 Å². The molecule has 1 saturated heterocycles. The largest absolute Gasteiger partial charge is 0.462 e. The topological polar surface area (TPSA) is 68.7 Å². The van der Waals surface area contributed by atoms with Crippen LogP contribution in [0.3, 0.4) is 0 Å². The molecule has 2 heterocycles. The Bertz CT molecular complexity index is 783. The van der Waals surface area contributed by atoms with E-state index in [2.05, 4.69) is 4.98 Å². The van der Waals surface area contributed by atoms with E-state index < -0.39 is 0 Å². The summed E-state index contributed by atoms with van der Waals surface area (Å²) in [7, 11) is 0. The molecule has 0 radical (unpaired) electrons. The third-order valence-electron chi connectivity index (χ3n) is 4.58. The zero-order valence-electron chi connectivity index (χ0n) is 15.6. The van der Waals surface area contributed by atoms with Gasteiger partial charge >= 0.3 is 12.1 Å². The number of carbonyl (C=O) groups excluding carboxylic acids is 2. The third kappa shape index (κ3) is 4.86. The van der Waals surface area contributed by atoms with Crippen LogP contribution >= 0.6 is 11.3 Å². The molecule has 1 fully saturated rings. The molecule has 0 bridgehead atoms. The third-order valence-corrected chi connectivity index (χ3v) is 5.88. The fraction of sp³-hybridized carbons (Fsp3) is 0.450. The number of aromatic nitrogens is 1. The lowest BCUT2D eigenvalue weighted by Crippen LogP contribution is -2.38. The van der Waals surface area contributed by atoms with Crippen molar-refractivity contribution < 1.29 is 19.1 Å². The van der Waals surface area contributed by atoms with Crippen LogP contribution in [0.5, 0.6) is 0 Å². The Labute approximate surface area is 163 Å². The van der Waals surface area contributed by atoms with Gasteiger partial charge in [0.2, 0.25) is 0 Å². The summed E-state index contributed by atoms with van der Waals surface area (Å²) in [5, 5.41) is 0.952. The van der Waals surface area contributed by atoms with Crippen LogP contribution < -0.4 is 0 Å². The van der Waals surface area contributed by atoms with Crippen LogP contribution in [0.25, 0.3) is 0 Å². The Morgan fingerprint density at radius 2 is 1.89 bits per heavy atom. The second-order valence-electron chi connectivity index (χ2n) is 6.49. The zero-order chi connectivity index (χ0) is 19.2. The molecule has 1 aromatic carbocycles. The normalized spacial score (nSPS) is 14.8. The molecule has 2 aromatic rings. The van der Waals surface area contributed by atoms with E-state index in [0.717, 1.165) is 29.1 Å². The molecule has 144 valence electrons. The molecule has 0 unspecified atom stereocenters. The number of thiazole rings is 1. The minimum absolute atomic E-state index is 0.259. The Morgan fingerprint density at radius 3 is 2.56 bits per heavy atom. The van der Waals surface area contributed by atoms with Gasteiger partial charge in [-0.1, -0.05) is 30.3 Å². The van der Waals surface area contributed by atoms with Gasteiger partial charge in [-0.3, -0.25) is 0 Å². The first-order chi connectivity index (χ1) is 13.1. The van der Waals surface area contributed by atoms with Crippen molar-refractivity contribution in [1.29, 1.82) is 0 Å². The number of esters is 1. The fourth-order valence-electron chi connectivity index (χ4n) is 3.10. The van der Waals surface area contributed by atoms with E-state index in [4.69, 9.17) is 9.47 Å². The smallest absolute Gasteiger partial charge is 0.410 e. The molecule has 0 spiro atoms. The molecule has 1 aromatic heterocycles. The van der Waals surface area contributed by atoms with E-state index >= 15 is 0 Å². The molecule has 27 heavy (non-hydrogen) atoms. The van der Waals surface area contributed by atoms with Crippen LogP contribution in [0.4, 0.5) is 4.79 Å². The summed E-state index contributed by atoms with van der Waals surface area (Å²) >= 11 is 1.41. The SMILES string of the molecule is CCOC(=O)c1sc(C2CCN(C(=O)OCc3ccccc3)CC2)nc1C. The van der Waals surface area contributed by atoms with Gasteiger partial charge in [0.15, 0.2) is 0 Å². The lowest BCUT2D eigenvalue weighted by Gasteiger charge is -2.30. The number of aryl methyl sites for hydroxylation is 1. The Morgan fingerprint density at radius 1 is 1.19 bits per heavy atom. The van der Waals surface area contributed by atoms with Gasteiger partial charge in [-0.25, -0.2) is 14.6 Å². The van der Waals surface area contributed by atoms with Gasteiger partial charge in [-0.15, -0.1) is 11.3 Å². The van der Waals surface area contributed by atoms with Crippen LogP contribution in [0.15, 0.2) is 30.3 Å². The van der Waals surface area contributed by atoms with Crippen molar-refractivity contribution in [3.05, 3.63) is 51.5 Å². The maximum atomic E-state index is 12.3. The molecule has 3 rings (SSSR count). The predicted molar refractivity (Wildman–Crippen MR) is 103 cm³/mol. The number of amides is 1. The second kappa shape index (κ2) is 8.99. The van der Waals surface area contributed by atoms with Gasteiger partial charge in [0, 0.05) is 19.0 Å². The number of likely N-dealkylation sites (tertiary alicyclic amines) is 1. The summed E-state index contributed by atoms with van der Waals surface area (Å²) in [5.74, 6) is -0.0456. The van der Waals surface area contributed by atoms with E-state index in [1.165, 1.54) is 11.3 Å². The fourth-order valence-corrected chi connectivity index (χ4v) is 4.23. The molecule has 1 amide bonds. The molecule has 0 saturated carbocycles. The van der Waals surface area contributed by atoms with Crippen molar-refractivity contribution >= 4 is 23.4 Å². The number of hydrogen-bond donors (Lipinski definition) is 0. The Balaban J connectivity index is 1.52. The highest BCUT2D eigenvalue weighted by Crippen LogP contribution is 2.33. The van der Waals surface area contributed by atoms with Crippen LogP contribution in [-0.2, 0) is 16.1 Å². The molecule has 1 aliphatic heterocycles. The lowest BCUT2D eigenvalue weighted by atomic mass is 9.98. The van der Waals surface area contributed by atoms with Crippen molar-refractivity contribution in [3.63, 3.8) is 0 Å². The lowest BCUT2D eigenvalue weighted by molar-refractivity contribution is 0.0531. The van der Waals surface area contributed by atoms with Gasteiger partial charge < -0.3 is 14.4 Å². The van der Waals surface area contributed by atoms with E-state index in [1.54, 1.807) is 11.8 Å². The summed E-state index contributed by atoms with van der Waals surface area (Å²) in [4.78, 5) is 31.1. The van der Waals surface area contributed by atoms with Gasteiger partial charge in [0.25, 0.3) is 0 Å². The molecule has 0 N–H and O–H groups in total. The molecule has 0 aliphatic carbocycles. The number of benzene rings is 1. The maximum Gasteiger partial charge on any atom is 0.410 e. The highest BCUT2D eigenvalue weighted by molar-refractivity contribution is 7.13. The zero-order valence-corrected chi connectivity index (χ0v) is 16.5. The first-order valence-electron chi connectivity index (χ1n) is 9.18. The van der Waals surface area contributed by atoms with Crippen LogP contribution in [0.1, 0.15) is 51.6 Å². The number of hydrogen-bond acceptors (Lipinski definition) is 6. The number of piperidine rings is 1. The molecule has 6 nitrogen and oxygen atoms in total. The molecular formula is C20H24N2O4S. The molecule has 1 aliphatic rings. The monoisotopic (exact) mass is 388 g/mol. The quantitative estimate of drug-likeness (QED) is 0.720. The van der Waals surface area contributed by atoms with Gasteiger partial charge in [-0.2, -0.15) is 0 Å². The molecule has 0 atom stereocenters. The van der Waals surface area contributed by atoms with Gasteiger partial charge in [-0.05, 0) is 32.3 Å². The summed E-state index contributed by atoms with van der Waals surface area (Å²) in [6.45, 7) is 5.53. The highest BCUT2D eigenvalue weighted by Gasteiger charge is 2.28. The summed E-state index contributed by atoms with van der Waals surface area (Å²) in [5.41, 5.74) is 1.70. The number of rotatable bonds is 5. The molecular weight excluding hydrogens is 364 g/mol. The number of carbonyl (C=O) groups is 2. The van der Waals surface area contributed by atoms with Crippen molar-refractivity contribution in [1.82, 2.24) is 9.88 Å². The Kier molecular flexibility index (Phi) is 6.45. The first-order valence-corrected chi connectivity index (χ1v) is 10.00. The van der Waals surface area contributed by atoms with E-state index in [-0.39, 0.29) is 24.6 Å². The minimum atomic E-state index is -0.305. The van der Waals surface area contributed by atoms with E-state index in [0.29, 0.717) is 24.6 Å². The first kappa shape index (κ1) is 19.4. The van der Waals surface area contributed by atoms with Gasteiger partial charge in [0.1, 0.15) is 11.5 Å². The molecule has 7 heteroatoms. The number of nitrogens with zero attached hydrogens (tertiary/aromatic N) is 2.